The Hall–Kier alpha value is -3.51. The van der Waals surface area contributed by atoms with E-state index in [4.69, 9.17) is 0 Å². The molecule has 2 amide bonds. The molecular weight excluding hydrogens is 424 g/mol. The van der Waals surface area contributed by atoms with E-state index in [0.717, 1.165) is 24.9 Å². The number of carbonyl (C=O) groups excluding carboxylic acids is 2. The summed E-state index contributed by atoms with van der Waals surface area (Å²) >= 11 is 0. The third kappa shape index (κ3) is 6.99. The first-order valence-electron chi connectivity index (χ1n) is 12.0. The van der Waals surface area contributed by atoms with Crippen LogP contribution in [0.2, 0.25) is 0 Å². The van der Waals surface area contributed by atoms with Crippen LogP contribution >= 0.6 is 0 Å². The number of amides is 2. The van der Waals surface area contributed by atoms with Crippen LogP contribution in [0, 0.1) is 0 Å². The molecule has 1 aliphatic rings. The Labute approximate surface area is 201 Å². The van der Waals surface area contributed by atoms with Crippen molar-refractivity contribution >= 4 is 11.8 Å². The van der Waals surface area contributed by atoms with Gasteiger partial charge in [-0.2, -0.15) is 0 Å². The van der Waals surface area contributed by atoms with Crippen LogP contribution in [0.5, 0.6) is 0 Å². The molecule has 0 saturated heterocycles. The van der Waals surface area contributed by atoms with Crippen LogP contribution in [0.3, 0.4) is 0 Å². The number of aromatic nitrogens is 1. The summed E-state index contributed by atoms with van der Waals surface area (Å²) in [7, 11) is 0. The van der Waals surface area contributed by atoms with Crippen LogP contribution < -0.4 is 16.0 Å². The standard InChI is InChI=1S/C28H32N4O2/c33-27(31-20-21-11-3-1-4-12-21)25(32-28(34)24-15-7-9-17-29-24)16-8-10-18-30-26-19-23(26)22-13-5-2-6-14-22/h1-7,9,11-15,17,23,25-26,30H,8,10,16,18-20H2,(H,31,33)(H,32,34). The lowest BCUT2D eigenvalue weighted by Crippen LogP contribution is -2.46. The van der Waals surface area contributed by atoms with Crippen molar-refractivity contribution in [1.82, 2.24) is 20.9 Å². The minimum absolute atomic E-state index is 0.174. The molecule has 1 aliphatic carbocycles. The summed E-state index contributed by atoms with van der Waals surface area (Å²) in [5, 5.41) is 9.46. The fourth-order valence-electron chi connectivity index (χ4n) is 4.16. The van der Waals surface area contributed by atoms with Gasteiger partial charge >= 0.3 is 0 Å². The number of nitrogens with zero attached hydrogens (tertiary/aromatic N) is 1. The topological polar surface area (TPSA) is 83.1 Å². The number of hydrogen-bond acceptors (Lipinski definition) is 4. The summed E-state index contributed by atoms with van der Waals surface area (Å²) in [4.78, 5) is 29.6. The molecule has 3 unspecified atom stereocenters. The molecule has 4 rings (SSSR count). The number of benzene rings is 2. The van der Waals surface area contributed by atoms with Crippen molar-refractivity contribution in [1.29, 1.82) is 0 Å². The number of nitrogens with one attached hydrogen (secondary N) is 3. The molecule has 0 bridgehead atoms. The molecule has 1 fully saturated rings. The summed E-state index contributed by atoms with van der Waals surface area (Å²) in [6.45, 7) is 1.33. The van der Waals surface area contributed by atoms with Gasteiger partial charge < -0.3 is 16.0 Å². The molecule has 1 heterocycles. The van der Waals surface area contributed by atoms with Crippen LogP contribution in [0.15, 0.2) is 85.1 Å². The highest BCUT2D eigenvalue weighted by atomic mass is 16.2. The molecule has 176 valence electrons. The highest BCUT2D eigenvalue weighted by molar-refractivity contribution is 5.96. The lowest BCUT2D eigenvalue weighted by molar-refractivity contribution is -0.123. The van der Waals surface area contributed by atoms with Gasteiger partial charge in [-0.3, -0.25) is 14.6 Å². The van der Waals surface area contributed by atoms with E-state index in [2.05, 4.69) is 45.2 Å². The van der Waals surface area contributed by atoms with Gasteiger partial charge in [0.05, 0.1) is 0 Å². The summed E-state index contributed by atoms with van der Waals surface area (Å²) in [5.74, 6) is 0.102. The van der Waals surface area contributed by atoms with Crippen molar-refractivity contribution < 1.29 is 9.59 Å². The van der Waals surface area contributed by atoms with E-state index < -0.39 is 6.04 Å². The van der Waals surface area contributed by atoms with E-state index >= 15 is 0 Å². The summed E-state index contributed by atoms with van der Waals surface area (Å²) < 4.78 is 0. The van der Waals surface area contributed by atoms with Crippen LogP contribution in [0.1, 0.15) is 53.2 Å². The summed E-state index contributed by atoms with van der Waals surface area (Å²) in [5.41, 5.74) is 2.73. The molecule has 3 atom stereocenters. The average molecular weight is 457 g/mol. The van der Waals surface area contributed by atoms with E-state index in [-0.39, 0.29) is 11.8 Å². The quantitative estimate of drug-likeness (QED) is 0.362. The van der Waals surface area contributed by atoms with E-state index in [1.54, 1.807) is 24.4 Å². The fourth-order valence-corrected chi connectivity index (χ4v) is 4.16. The second-order valence-electron chi connectivity index (χ2n) is 8.75. The first-order chi connectivity index (χ1) is 16.7. The molecule has 6 heteroatoms. The zero-order chi connectivity index (χ0) is 23.6. The summed E-state index contributed by atoms with van der Waals surface area (Å²) in [6, 6.07) is 25.5. The highest BCUT2D eigenvalue weighted by Crippen LogP contribution is 2.40. The Morgan fingerprint density at radius 2 is 1.65 bits per heavy atom. The summed E-state index contributed by atoms with van der Waals surface area (Å²) in [6.07, 6.45) is 5.11. The second-order valence-corrected chi connectivity index (χ2v) is 8.75. The van der Waals surface area contributed by atoms with Gasteiger partial charge in [0.25, 0.3) is 5.91 Å². The number of pyridine rings is 1. The maximum absolute atomic E-state index is 12.9. The van der Waals surface area contributed by atoms with Crippen LogP contribution in [-0.4, -0.2) is 35.4 Å². The smallest absolute Gasteiger partial charge is 0.270 e. The SMILES string of the molecule is O=C(NC(CCCCNC1CC1c1ccccc1)C(=O)NCc1ccccc1)c1ccccn1. The molecule has 3 aromatic rings. The largest absolute Gasteiger partial charge is 0.350 e. The van der Waals surface area contributed by atoms with E-state index in [1.165, 1.54) is 12.0 Å². The fraction of sp³-hybridized carbons (Fsp3) is 0.321. The Morgan fingerprint density at radius 3 is 2.38 bits per heavy atom. The van der Waals surface area contributed by atoms with Crippen molar-refractivity contribution in [2.24, 2.45) is 0 Å². The molecular formula is C28H32N4O2. The van der Waals surface area contributed by atoms with Gasteiger partial charge in [-0.05, 0) is 55.5 Å². The maximum atomic E-state index is 12.9. The molecule has 1 saturated carbocycles. The number of rotatable bonds is 12. The van der Waals surface area contributed by atoms with Crippen molar-refractivity contribution in [2.75, 3.05) is 6.54 Å². The molecule has 34 heavy (non-hydrogen) atoms. The Bertz CT molecular complexity index is 1040. The Balaban J connectivity index is 1.24. The van der Waals surface area contributed by atoms with Crippen molar-refractivity contribution in [3.8, 4) is 0 Å². The number of unbranched alkanes of at least 4 members (excludes halogenated alkanes) is 1. The van der Waals surface area contributed by atoms with Gasteiger partial charge in [0.15, 0.2) is 0 Å². The molecule has 2 aromatic carbocycles. The second kappa shape index (κ2) is 12.1. The van der Waals surface area contributed by atoms with Gasteiger partial charge in [-0.15, -0.1) is 0 Å². The van der Waals surface area contributed by atoms with Crippen molar-refractivity contribution in [2.45, 2.75) is 50.2 Å². The predicted molar refractivity (Wildman–Crippen MR) is 133 cm³/mol. The molecule has 6 nitrogen and oxygen atoms in total. The normalized spacial score (nSPS) is 17.5. The number of hydrogen-bond donors (Lipinski definition) is 3. The molecule has 3 N–H and O–H groups in total. The molecule has 0 spiro atoms. The Morgan fingerprint density at radius 1 is 0.912 bits per heavy atom. The first-order valence-corrected chi connectivity index (χ1v) is 12.0. The van der Waals surface area contributed by atoms with Gasteiger partial charge in [-0.25, -0.2) is 0 Å². The monoisotopic (exact) mass is 456 g/mol. The minimum Gasteiger partial charge on any atom is -0.350 e. The van der Waals surface area contributed by atoms with Gasteiger partial charge in [-0.1, -0.05) is 66.7 Å². The zero-order valence-corrected chi connectivity index (χ0v) is 19.3. The zero-order valence-electron chi connectivity index (χ0n) is 19.3. The van der Waals surface area contributed by atoms with Crippen LogP contribution in [-0.2, 0) is 11.3 Å². The van der Waals surface area contributed by atoms with Crippen molar-refractivity contribution in [3.63, 3.8) is 0 Å². The first kappa shape index (κ1) is 23.6. The van der Waals surface area contributed by atoms with Crippen LogP contribution in [0.25, 0.3) is 0 Å². The lowest BCUT2D eigenvalue weighted by atomic mass is 10.1. The van der Waals surface area contributed by atoms with Crippen molar-refractivity contribution in [3.05, 3.63) is 102 Å². The van der Waals surface area contributed by atoms with Crippen LogP contribution in [0.4, 0.5) is 0 Å². The van der Waals surface area contributed by atoms with Gasteiger partial charge in [0.2, 0.25) is 5.91 Å². The van der Waals surface area contributed by atoms with E-state index in [1.807, 2.05) is 36.4 Å². The lowest BCUT2D eigenvalue weighted by Gasteiger charge is -2.18. The molecule has 0 radical (unpaired) electrons. The average Bonchev–Trinajstić information content (AvgIpc) is 3.67. The highest BCUT2D eigenvalue weighted by Gasteiger charge is 2.37. The minimum atomic E-state index is -0.601. The molecule has 0 aliphatic heterocycles. The number of carbonyl (C=O) groups is 2. The third-order valence-corrected chi connectivity index (χ3v) is 6.17. The third-order valence-electron chi connectivity index (χ3n) is 6.17. The van der Waals surface area contributed by atoms with Gasteiger partial charge in [0.1, 0.15) is 11.7 Å². The Kier molecular flexibility index (Phi) is 8.41. The maximum Gasteiger partial charge on any atom is 0.270 e. The predicted octanol–water partition coefficient (Wildman–Crippen LogP) is 3.81. The molecule has 1 aromatic heterocycles. The van der Waals surface area contributed by atoms with Gasteiger partial charge in [0, 0.05) is 24.7 Å². The van der Waals surface area contributed by atoms with E-state index in [9.17, 15) is 9.59 Å². The van der Waals surface area contributed by atoms with E-state index in [0.29, 0.717) is 30.6 Å².